The van der Waals surface area contributed by atoms with E-state index in [0.29, 0.717) is 0 Å². The van der Waals surface area contributed by atoms with Crippen molar-refractivity contribution in [3.05, 3.63) is 16.7 Å². The lowest BCUT2D eigenvalue weighted by Crippen LogP contribution is -2.17. The predicted molar refractivity (Wildman–Crippen MR) is 81.9 cm³/mol. The molecule has 4 aromatic rings. The van der Waals surface area contributed by atoms with Crippen LogP contribution in [0.25, 0.3) is 22.3 Å². The summed E-state index contributed by atoms with van der Waals surface area (Å²) in [4.78, 5) is 34.3. The minimum Gasteiger partial charge on any atom is -0.382 e. The molecule has 0 fully saturated rings. The summed E-state index contributed by atoms with van der Waals surface area (Å²) in [5, 5.41) is 0. The quantitative estimate of drug-likeness (QED) is 0.258. The van der Waals surface area contributed by atoms with Crippen LogP contribution in [-0.2, 0) is 0 Å². The third-order valence-corrected chi connectivity index (χ3v) is 3.21. The average molecular weight is 314 g/mol. The zero-order valence-electron chi connectivity index (χ0n) is 11.4. The summed E-state index contributed by atoms with van der Waals surface area (Å²) >= 11 is 0. The molecule has 4 heterocycles. The van der Waals surface area contributed by atoms with Crippen molar-refractivity contribution in [3.63, 3.8) is 0 Å². The van der Waals surface area contributed by atoms with E-state index >= 15 is 0 Å². The Morgan fingerprint density at radius 1 is 0.870 bits per heavy atom. The Balaban J connectivity index is 2.20. The number of anilines is 4. The summed E-state index contributed by atoms with van der Waals surface area (Å²) in [5.74, 6) is 0.0141. The molecule has 0 aliphatic heterocycles. The first-order valence-electron chi connectivity index (χ1n) is 6.26. The number of imidazole rings is 2. The van der Waals surface area contributed by atoms with Gasteiger partial charge in [0.25, 0.3) is 5.56 Å². The molecule has 23 heavy (non-hydrogen) atoms. The van der Waals surface area contributed by atoms with E-state index in [2.05, 4.69) is 29.9 Å². The van der Waals surface area contributed by atoms with Gasteiger partial charge in [0.05, 0.1) is 0 Å². The van der Waals surface area contributed by atoms with Crippen LogP contribution in [0.3, 0.4) is 0 Å². The summed E-state index contributed by atoms with van der Waals surface area (Å²) in [5.41, 5.74) is 23.3. The Morgan fingerprint density at radius 3 is 2.26 bits per heavy atom. The Kier molecular flexibility index (Phi) is 2.26. The van der Waals surface area contributed by atoms with Gasteiger partial charge < -0.3 is 22.9 Å². The Morgan fingerprint density at radius 2 is 1.52 bits per heavy atom. The van der Waals surface area contributed by atoms with Gasteiger partial charge in [0, 0.05) is 0 Å². The molecule has 0 atom stereocenters. The second-order valence-electron chi connectivity index (χ2n) is 4.62. The molecule has 0 unspecified atom stereocenters. The summed E-state index contributed by atoms with van der Waals surface area (Å²) in [7, 11) is 0. The molecule has 13 heteroatoms. The van der Waals surface area contributed by atoms with Gasteiger partial charge in [-0.05, 0) is 0 Å². The average Bonchev–Trinajstić information content (AvgIpc) is 2.97. The lowest BCUT2D eigenvalue weighted by atomic mass is 10.5. The number of fused-ring (bicyclic) bond motifs is 2. The highest BCUT2D eigenvalue weighted by molar-refractivity contribution is 5.84. The van der Waals surface area contributed by atoms with E-state index in [1.54, 1.807) is 0 Å². The number of aromatic amines is 1. The van der Waals surface area contributed by atoms with Gasteiger partial charge in [-0.2, -0.15) is 14.3 Å². The van der Waals surface area contributed by atoms with Crippen LogP contribution in [0.1, 0.15) is 0 Å². The monoisotopic (exact) mass is 314 g/mol. The topological polar surface area (TPSA) is 211 Å². The van der Waals surface area contributed by atoms with E-state index in [9.17, 15) is 4.79 Å². The first-order valence-corrected chi connectivity index (χ1v) is 6.26. The molecule has 0 saturated heterocycles. The van der Waals surface area contributed by atoms with Crippen LogP contribution in [0.4, 0.5) is 23.7 Å². The second-order valence-corrected chi connectivity index (χ2v) is 4.62. The maximum absolute atomic E-state index is 11.9. The van der Waals surface area contributed by atoms with Crippen LogP contribution in [0.15, 0.2) is 11.1 Å². The van der Waals surface area contributed by atoms with Crippen molar-refractivity contribution in [3.8, 4) is 0 Å². The first kappa shape index (κ1) is 12.8. The highest BCUT2D eigenvalue weighted by atomic mass is 16.1. The van der Waals surface area contributed by atoms with Crippen LogP contribution >= 0.6 is 0 Å². The summed E-state index contributed by atoms with van der Waals surface area (Å²) in [6.45, 7) is 0. The maximum atomic E-state index is 11.9. The molecule has 13 nitrogen and oxygen atoms in total. The highest BCUT2D eigenvalue weighted by Crippen LogP contribution is 2.23. The van der Waals surface area contributed by atoms with Crippen LogP contribution in [0, 0.1) is 0 Å². The standard InChI is InChI=1S/C10H10N12O/c11-4-2-5(16-1-15-4)21(9(13)17-2)22-6-3(18-10(22)14)7(23)20-8(12)19-6/h1H,(H2,13,17)(H2,14,18)(H2,11,15,16)(H3,12,19,20,23). The van der Waals surface area contributed by atoms with Gasteiger partial charge in [-0.1, -0.05) is 0 Å². The molecule has 116 valence electrons. The fourth-order valence-corrected chi connectivity index (χ4v) is 2.30. The predicted octanol–water partition coefficient (Wildman–Crippen LogP) is -2.10. The minimum absolute atomic E-state index is 0.0000203. The third-order valence-electron chi connectivity index (χ3n) is 3.21. The van der Waals surface area contributed by atoms with E-state index in [4.69, 9.17) is 22.9 Å². The van der Waals surface area contributed by atoms with Crippen molar-refractivity contribution in [1.29, 1.82) is 0 Å². The molecule has 0 bridgehead atoms. The van der Waals surface area contributed by atoms with Crippen molar-refractivity contribution < 1.29 is 0 Å². The van der Waals surface area contributed by atoms with Gasteiger partial charge in [0.1, 0.15) is 6.33 Å². The third kappa shape index (κ3) is 1.60. The van der Waals surface area contributed by atoms with Crippen LogP contribution < -0.4 is 28.5 Å². The highest BCUT2D eigenvalue weighted by Gasteiger charge is 2.21. The molecule has 4 aromatic heterocycles. The van der Waals surface area contributed by atoms with Crippen molar-refractivity contribution in [2.45, 2.75) is 0 Å². The Hall–Kier alpha value is -3.90. The molecule has 0 spiro atoms. The summed E-state index contributed by atoms with van der Waals surface area (Å²) < 4.78 is 2.60. The van der Waals surface area contributed by atoms with Gasteiger partial charge in [0.2, 0.25) is 17.8 Å². The number of nitrogens with two attached hydrogens (primary N) is 4. The fraction of sp³-hybridized carbons (Fsp3) is 0. The number of nitrogens with one attached hydrogen (secondary N) is 1. The number of nitrogens with zero attached hydrogens (tertiary/aromatic N) is 7. The minimum atomic E-state index is -0.532. The molecule has 0 saturated carbocycles. The van der Waals surface area contributed by atoms with Gasteiger partial charge >= 0.3 is 0 Å². The number of hydrogen-bond donors (Lipinski definition) is 5. The van der Waals surface area contributed by atoms with Crippen LogP contribution in [0.5, 0.6) is 0 Å². The number of nitrogen functional groups attached to an aromatic ring is 4. The van der Waals surface area contributed by atoms with Gasteiger partial charge in [-0.25, -0.2) is 19.9 Å². The van der Waals surface area contributed by atoms with Gasteiger partial charge in [-0.3, -0.25) is 9.78 Å². The number of hydrogen-bond acceptors (Lipinski definition) is 10. The van der Waals surface area contributed by atoms with Crippen molar-refractivity contribution in [1.82, 2.24) is 39.3 Å². The molecular weight excluding hydrogens is 304 g/mol. The molecule has 0 radical (unpaired) electrons. The normalized spacial score (nSPS) is 11.5. The Labute approximate surface area is 125 Å². The number of rotatable bonds is 1. The van der Waals surface area contributed by atoms with E-state index in [1.807, 2.05) is 0 Å². The molecule has 0 amide bonds. The molecule has 4 rings (SSSR count). The van der Waals surface area contributed by atoms with E-state index < -0.39 is 5.56 Å². The lowest BCUT2D eigenvalue weighted by Gasteiger charge is -2.08. The molecule has 0 aromatic carbocycles. The van der Waals surface area contributed by atoms with Gasteiger partial charge in [-0.15, -0.1) is 0 Å². The van der Waals surface area contributed by atoms with E-state index in [1.165, 1.54) is 15.7 Å². The zero-order chi connectivity index (χ0) is 16.3. The van der Waals surface area contributed by atoms with E-state index in [0.717, 1.165) is 0 Å². The number of aromatic nitrogens is 8. The second kappa shape index (κ2) is 4.06. The van der Waals surface area contributed by atoms with Crippen molar-refractivity contribution in [2.24, 2.45) is 0 Å². The van der Waals surface area contributed by atoms with Crippen molar-refractivity contribution >= 4 is 46.0 Å². The molecule has 0 aliphatic carbocycles. The smallest absolute Gasteiger partial charge is 0.280 e. The summed E-state index contributed by atoms with van der Waals surface area (Å²) in [6, 6.07) is 0. The summed E-state index contributed by atoms with van der Waals surface area (Å²) in [6.07, 6.45) is 1.25. The van der Waals surface area contributed by atoms with Gasteiger partial charge in [0.15, 0.2) is 28.1 Å². The van der Waals surface area contributed by atoms with E-state index in [-0.39, 0.29) is 46.0 Å². The number of H-pyrrole nitrogens is 1. The maximum Gasteiger partial charge on any atom is 0.280 e. The first-order chi connectivity index (χ1) is 11.0. The van der Waals surface area contributed by atoms with Crippen LogP contribution in [-0.4, -0.2) is 39.3 Å². The molecular formula is C10H10N12O. The molecule has 0 aliphatic rings. The van der Waals surface area contributed by atoms with Crippen molar-refractivity contribution in [2.75, 3.05) is 22.9 Å². The fourth-order valence-electron chi connectivity index (χ4n) is 2.30. The van der Waals surface area contributed by atoms with Crippen LogP contribution in [0.2, 0.25) is 0 Å². The largest absolute Gasteiger partial charge is 0.382 e. The molecule has 9 N–H and O–H groups in total. The lowest BCUT2D eigenvalue weighted by molar-refractivity contribution is 0.710. The SMILES string of the molecule is Nc1nc2c(nc(N)n2-n2c(N)nc3c(N)ncnc32)c(=O)[nH]1. The Bertz CT molecular complexity index is 1130. The zero-order valence-corrected chi connectivity index (χ0v) is 11.4.